The standard InChI is InChI=1S/C12H15ClFNO2/c1-3-15-11(12(16)17-4-2)9-6-5-8(13)7-10(9)14/h5-7,11,15H,3-4H2,1-2H3. The van der Waals surface area contributed by atoms with Gasteiger partial charge >= 0.3 is 5.97 Å². The molecule has 1 aromatic rings. The van der Waals surface area contributed by atoms with E-state index < -0.39 is 17.8 Å². The number of halogens is 2. The van der Waals surface area contributed by atoms with Gasteiger partial charge in [-0.25, -0.2) is 9.18 Å². The largest absolute Gasteiger partial charge is 0.465 e. The van der Waals surface area contributed by atoms with Crippen LogP contribution in [0.25, 0.3) is 0 Å². The topological polar surface area (TPSA) is 38.3 Å². The molecular formula is C12H15ClFNO2. The summed E-state index contributed by atoms with van der Waals surface area (Å²) in [5, 5.41) is 3.18. The van der Waals surface area contributed by atoms with E-state index in [4.69, 9.17) is 16.3 Å². The van der Waals surface area contributed by atoms with Crippen molar-refractivity contribution in [3.8, 4) is 0 Å². The fourth-order valence-electron chi connectivity index (χ4n) is 1.49. The predicted molar refractivity (Wildman–Crippen MR) is 64.5 cm³/mol. The first kappa shape index (κ1) is 13.9. The molecule has 17 heavy (non-hydrogen) atoms. The molecule has 1 rings (SSSR count). The third-order valence-corrected chi connectivity index (χ3v) is 2.44. The molecule has 0 amide bonds. The molecule has 0 fully saturated rings. The number of carbonyl (C=O) groups excluding carboxylic acids is 1. The zero-order chi connectivity index (χ0) is 12.8. The zero-order valence-corrected chi connectivity index (χ0v) is 10.6. The maximum absolute atomic E-state index is 13.7. The van der Waals surface area contributed by atoms with Crippen molar-refractivity contribution in [1.29, 1.82) is 0 Å². The van der Waals surface area contributed by atoms with E-state index in [-0.39, 0.29) is 12.2 Å². The highest BCUT2D eigenvalue weighted by Crippen LogP contribution is 2.21. The number of esters is 1. The zero-order valence-electron chi connectivity index (χ0n) is 9.80. The van der Waals surface area contributed by atoms with Crippen molar-refractivity contribution in [3.05, 3.63) is 34.6 Å². The van der Waals surface area contributed by atoms with Crippen LogP contribution in [0.1, 0.15) is 25.5 Å². The first-order valence-corrected chi connectivity index (χ1v) is 5.82. The van der Waals surface area contributed by atoms with E-state index in [2.05, 4.69) is 5.32 Å². The van der Waals surface area contributed by atoms with Crippen LogP contribution >= 0.6 is 11.6 Å². The van der Waals surface area contributed by atoms with Gasteiger partial charge < -0.3 is 10.1 Å². The number of benzene rings is 1. The second kappa shape index (κ2) is 6.57. The lowest BCUT2D eigenvalue weighted by Crippen LogP contribution is -2.30. The highest BCUT2D eigenvalue weighted by molar-refractivity contribution is 6.30. The van der Waals surface area contributed by atoms with Crippen LogP contribution in [0.2, 0.25) is 5.02 Å². The number of nitrogens with one attached hydrogen (secondary N) is 1. The van der Waals surface area contributed by atoms with Crippen molar-refractivity contribution in [2.75, 3.05) is 13.2 Å². The predicted octanol–water partition coefficient (Wildman–Crippen LogP) is 2.69. The van der Waals surface area contributed by atoms with E-state index in [0.717, 1.165) is 0 Å². The van der Waals surface area contributed by atoms with Gasteiger partial charge in [-0.2, -0.15) is 0 Å². The third-order valence-electron chi connectivity index (χ3n) is 2.20. The van der Waals surface area contributed by atoms with Crippen molar-refractivity contribution in [1.82, 2.24) is 5.32 Å². The maximum Gasteiger partial charge on any atom is 0.327 e. The molecule has 0 bridgehead atoms. The number of likely N-dealkylation sites (N-methyl/N-ethyl adjacent to an activating group) is 1. The second-order valence-electron chi connectivity index (χ2n) is 3.41. The molecule has 1 atom stereocenters. The fraction of sp³-hybridized carbons (Fsp3) is 0.417. The number of carbonyl (C=O) groups is 1. The van der Waals surface area contributed by atoms with Gasteiger partial charge in [-0.05, 0) is 25.6 Å². The molecule has 0 radical (unpaired) electrons. The van der Waals surface area contributed by atoms with Crippen LogP contribution in [0.4, 0.5) is 4.39 Å². The lowest BCUT2D eigenvalue weighted by Gasteiger charge is -2.17. The van der Waals surface area contributed by atoms with Crippen LogP contribution < -0.4 is 5.32 Å². The normalized spacial score (nSPS) is 12.2. The second-order valence-corrected chi connectivity index (χ2v) is 3.85. The Labute approximate surface area is 105 Å². The molecular weight excluding hydrogens is 245 g/mol. The molecule has 0 heterocycles. The smallest absolute Gasteiger partial charge is 0.327 e. The summed E-state index contributed by atoms with van der Waals surface area (Å²) >= 11 is 5.66. The van der Waals surface area contributed by atoms with E-state index in [9.17, 15) is 9.18 Å². The summed E-state index contributed by atoms with van der Waals surface area (Å²) in [6, 6.07) is 3.42. The van der Waals surface area contributed by atoms with Crippen molar-refractivity contribution in [3.63, 3.8) is 0 Å². The number of hydrogen-bond acceptors (Lipinski definition) is 3. The molecule has 0 aromatic heterocycles. The summed E-state index contributed by atoms with van der Waals surface area (Å²) < 4.78 is 18.6. The number of ether oxygens (including phenoxy) is 1. The molecule has 0 spiro atoms. The molecule has 0 saturated carbocycles. The summed E-state index contributed by atoms with van der Waals surface area (Å²) in [4.78, 5) is 11.7. The SMILES string of the molecule is CCNC(C(=O)OCC)c1ccc(Cl)cc1F. The van der Waals surface area contributed by atoms with Crippen LogP contribution in [0.15, 0.2) is 18.2 Å². The average molecular weight is 260 g/mol. The summed E-state index contributed by atoms with van der Waals surface area (Å²) in [6.07, 6.45) is 0. The Balaban J connectivity index is 3.00. The number of hydrogen-bond donors (Lipinski definition) is 1. The van der Waals surface area contributed by atoms with Gasteiger partial charge in [-0.1, -0.05) is 24.6 Å². The van der Waals surface area contributed by atoms with Crippen molar-refractivity contribution < 1.29 is 13.9 Å². The summed E-state index contributed by atoms with van der Waals surface area (Å²) in [7, 11) is 0. The van der Waals surface area contributed by atoms with E-state index in [1.807, 2.05) is 6.92 Å². The van der Waals surface area contributed by atoms with E-state index >= 15 is 0 Å². The summed E-state index contributed by atoms with van der Waals surface area (Å²) in [5.74, 6) is -1.01. The van der Waals surface area contributed by atoms with Crippen LogP contribution in [-0.2, 0) is 9.53 Å². The van der Waals surface area contributed by atoms with Crippen molar-refractivity contribution in [2.45, 2.75) is 19.9 Å². The third kappa shape index (κ3) is 3.68. The lowest BCUT2D eigenvalue weighted by molar-refractivity contribution is -0.145. The minimum atomic E-state index is -0.794. The maximum atomic E-state index is 13.7. The monoisotopic (exact) mass is 259 g/mol. The summed E-state index contributed by atoms with van der Waals surface area (Å²) in [6.45, 7) is 4.33. The Morgan fingerprint density at radius 1 is 1.53 bits per heavy atom. The highest BCUT2D eigenvalue weighted by Gasteiger charge is 2.23. The van der Waals surface area contributed by atoms with Crippen molar-refractivity contribution >= 4 is 17.6 Å². The Kier molecular flexibility index (Phi) is 5.38. The molecule has 1 N–H and O–H groups in total. The Morgan fingerprint density at radius 3 is 2.76 bits per heavy atom. The van der Waals surface area contributed by atoms with E-state index in [0.29, 0.717) is 11.6 Å². The Hall–Kier alpha value is -1.13. The first-order chi connectivity index (χ1) is 8.10. The van der Waals surface area contributed by atoms with Crippen LogP contribution in [-0.4, -0.2) is 19.1 Å². The van der Waals surface area contributed by atoms with Gasteiger partial charge in [0.2, 0.25) is 0 Å². The van der Waals surface area contributed by atoms with Gasteiger partial charge in [0, 0.05) is 10.6 Å². The van der Waals surface area contributed by atoms with Gasteiger partial charge in [0.05, 0.1) is 6.61 Å². The molecule has 5 heteroatoms. The molecule has 3 nitrogen and oxygen atoms in total. The van der Waals surface area contributed by atoms with Crippen molar-refractivity contribution in [2.24, 2.45) is 0 Å². The summed E-state index contributed by atoms with van der Waals surface area (Å²) in [5.41, 5.74) is 0.245. The minimum Gasteiger partial charge on any atom is -0.465 e. The van der Waals surface area contributed by atoms with Gasteiger partial charge in [0.15, 0.2) is 0 Å². The molecule has 1 unspecified atom stereocenters. The van der Waals surface area contributed by atoms with Crippen LogP contribution in [0.3, 0.4) is 0 Å². The van der Waals surface area contributed by atoms with Gasteiger partial charge in [0.25, 0.3) is 0 Å². The molecule has 0 saturated heterocycles. The average Bonchev–Trinajstić information content (AvgIpc) is 2.27. The molecule has 0 aliphatic rings. The van der Waals surface area contributed by atoms with Crippen LogP contribution in [0, 0.1) is 5.82 Å². The number of rotatable bonds is 5. The quantitative estimate of drug-likeness (QED) is 0.827. The first-order valence-electron chi connectivity index (χ1n) is 5.45. The highest BCUT2D eigenvalue weighted by atomic mass is 35.5. The fourth-order valence-corrected chi connectivity index (χ4v) is 1.64. The van der Waals surface area contributed by atoms with Gasteiger partial charge in [-0.15, -0.1) is 0 Å². The van der Waals surface area contributed by atoms with Gasteiger partial charge in [-0.3, -0.25) is 0 Å². The lowest BCUT2D eigenvalue weighted by atomic mass is 10.1. The van der Waals surface area contributed by atoms with Gasteiger partial charge in [0.1, 0.15) is 11.9 Å². The van der Waals surface area contributed by atoms with E-state index in [1.54, 1.807) is 13.0 Å². The molecule has 0 aliphatic carbocycles. The molecule has 0 aliphatic heterocycles. The molecule has 94 valence electrons. The van der Waals surface area contributed by atoms with E-state index in [1.165, 1.54) is 12.1 Å². The van der Waals surface area contributed by atoms with Crippen LogP contribution in [0.5, 0.6) is 0 Å². The Morgan fingerprint density at radius 2 is 2.24 bits per heavy atom. The Bertz CT molecular complexity index is 398. The minimum absolute atomic E-state index is 0.245. The molecule has 1 aromatic carbocycles.